The quantitative estimate of drug-likeness (QED) is 0.205. The standard InChI is InChI=1S/C35H31FN2O5/c1-21(9-10-23-7-5-4-6-8-23)43-32-19-26(13-16-31(32)42-3)38-22(2)27-14-11-24(17-29(27)35(38)41)20-37-33(39)28-15-12-25(36)18-30(28)34(37)40/h4-8,11-19,21-22H,9-10,20H2,1-3H3. The molecule has 43 heavy (non-hydrogen) atoms. The fourth-order valence-corrected chi connectivity index (χ4v) is 5.82. The molecule has 2 unspecified atom stereocenters. The molecule has 3 amide bonds. The van der Waals surface area contributed by atoms with Crippen molar-refractivity contribution in [2.75, 3.05) is 12.0 Å². The summed E-state index contributed by atoms with van der Waals surface area (Å²) in [7, 11) is 1.59. The second kappa shape index (κ2) is 11.4. The SMILES string of the molecule is COc1ccc(N2C(=O)c3cc(CN4C(=O)c5ccc(F)cc5C4=O)ccc3C2C)cc1OC(C)CCc1ccccc1. The maximum Gasteiger partial charge on any atom is 0.261 e. The number of carbonyl (C=O) groups is 3. The van der Waals surface area contributed by atoms with Crippen molar-refractivity contribution in [1.29, 1.82) is 0 Å². The Morgan fingerprint density at radius 2 is 1.56 bits per heavy atom. The Bertz CT molecular complexity index is 1740. The smallest absolute Gasteiger partial charge is 0.261 e. The lowest BCUT2D eigenvalue weighted by Crippen LogP contribution is -2.29. The number of fused-ring (bicyclic) bond motifs is 2. The van der Waals surface area contributed by atoms with Gasteiger partial charge in [-0.2, -0.15) is 0 Å². The van der Waals surface area contributed by atoms with Crippen LogP contribution >= 0.6 is 0 Å². The summed E-state index contributed by atoms with van der Waals surface area (Å²) in [5.74, 6) is -0.667. The van der Waals surface area contributed by atoms with E-state index in [1.54, 1.807) is 24.1 Å². The van der Waals surface area contributed by atoms with E-state index in [-0.39, 0.29) is 35.7 Å². The second-order valence-electron chi connectivity index (χ2n) is 10.9. The molecule has 2 aliphatic rings. The number of benzene rings is 4. The van der Waals surface area contributed by atoms with E-state index < -0.39 is 17.6 Å². The molecule has 2 atom stereocenters. The van der Waals surface area contributed by atoms with Crippen molar-refractivity contribution in [1.82, 2.24) is 4.90 Å². The topological polar surface area (TPSA) is 76.2 Å². The first kappa shape index (κ1) is 28.2. The van der Waals surface area contributed by atoms with Crippen LogP contribution in [0.15, 0.2) is 84.9 Å². The minimum atomic E-state index is -0.576. The summed E-state index contributed by atoms with van der Waals surface area (Å²) in [6.45, 7) is 3.95. The molecule has 0 aliphatic carbocycles. The van der Waals surface area contributed by atoms with Crippen LogP contribution in [-0.4, -0.2) is 35.8 Å². The number of halogens is 1. The monoisotopic (exact) mass is 578 g/mol. The van der Waals surface area contributed by atoms with Crippen LogP contribution < -0.4 is 14.4 Å². The van der Waals surface area contributed by atoms with Gasteiger partial charge in [-0.25, -0.2) is 4.39 Å². The van der Waals surface area contributed by atoms with Crippen LogP contribution in [0, 0.1) is 5.82 Å². The molecule has 4 aromatic carbocycles. The van der Waals surface area contributed by atoms with Gasteiger partial charge in [0.2, 0.25) is 0 Å². The Kier molecular flexibility index (Phi) is 7.44. The van der Waals surface area contributed by atoms with Crippen LogP contribution in [0.3, 0.4) is 0 Å². The van der Waals surface area contributed by atoms with Gasteiger partial charge in [-0.3, -0.25) is 19.3 Å². The average molecular weight is 579 g/mol. The molecule has 8 heteroatoms. The highest BCUT2D eigenvalue weighted by Gasteiger charge is 2.38. The zero-order valence-electron chi connectivity index (χ0n) is 24.2. The molecule has 2 aliphatic heterocycles. The minimum Gasteiger partial charge on any atom is -0.493 e. The first-order valence-electron chi connectivity index (χ1n) is 14.3. The van der Waals surface area contributed by atoms with Crippen molar-refractivity contribution in [3.05, 3.63) is 124 Å². The van der Waals surface area contributed by atoms with E-state index >= 15 is 0 Å². The molecule has 2 heterocycles. The summed E-state index contributed by atoms with van der Waals surface area (Å²) in [6.07, 6.45) is 1.60. The molecule has 4 aromatic rings. The number of anilines is 1. The van der Waals surface area contributed by atoms with Gasteiger partial charge in [0.15, 0.2) is 11.5 Å². The zero-order valence-corrected chi connectivity index (χ0v) is 24.2. The van der Waals surface area contributed by atoms with Gasteiger partial charge in [0.05, 0.1) is 36.9 Å². The zero-order chi connectivity index (χ0) is 30.2. The van der Waals surface area contributed by atoms with Gasteiger partial charge in [0.25, 0.3) is 17.7 Å². The van der Waals surface area contributed by atoms with E-state index in [0.717, 1.165) is 29.4 Å². The largest absolute Gasteiger partial charge is 0.493 e. The fourth-order valence-electron chi connectivity index (χ4n) is 5.82. The summed E-state index contributed by atoms with van der Waals surface area (Å²) in [6, 6.07) is 24.4. The Balaban J connectivity index is 1.20. The molecular formula is C35H31FN2O5. The lowest BCUT2D eigenvalue weighted by molar-refractivity contribution is 0.0642. The van der Waals surface area contributed by atoms with E-state index in [9.17, 15) is 18.8 Å². The molecule has 0 N–H and O–H groups in total. The predicted octanol–water partition coefficient (Wildman–Crippen LogP) is 6.75. The molecule has 6 rings (SSSR count). The first-order chi connectivity index (χ1) is 20.7. The number of amides is 3. The molecule has 0 saturated heterocycles. The van der Waals surface area contributed by atoms with Crippen LogP contribution in [0.4, 0.5) is 10.1 Å². The average Bonchev–Trinajstić information content (AvgIpc) is 3.40. The molecule has 0 aromatic heterocycles. The first-order valence-corrected chi connectivity index (χ1v) is 14.3. The van der Waals surface area contributed by atoms with Gasteiger partial charge < -0.3 is 14.4 Å². The third-order valence-corrected chi connectivity index (χ3v) is 8.11. The number of carbonyl (C=O) groups excluding carboxylic acids is 3. The number of nitrogens with zero attached hydrogens (tertiary/aromatic N) is 2. The van der Waals surface area contributed by atoms with Crippen LogP contribution in [0.2, 0.25) is 0 Å². The van der Waals surface area contributed by atoms with E-state index in [1.807, 2.05) is 56.3 Å². The Morgan fingerprint density at radius 3 is 2.33 bits per heavy atom. The minimum absolute atomic E-state index is 0.0235. The number of hydrogen-bond donors (Lipinski definition) is 0. The van der Waals surface area contributed by atoms with Gasteiger partial charge in [-0.15, -0.1) is 0 Å². The third kappa shape index (κ3) is 5.25. The molecule has 218 valence electrons. The summed E-state index contributed by atoms with van der Waals surface area (Å²) in [5.41, 5.74) is 4.11. The summed E-state index contributed by atoms with van der Waals surface area (Å²) >= 11 is 0. The number of ether oxygens (including phenoxy) is 2. The Morgan fingerprint density at radius 1 is 0.791 bits per heavy atom. The van der Waals surface area contributed by atoms with Crippen LogP contribution in [0.25, 0.3) is 0 Å². The van der Waals surface area contributed by atoms with Crippen molar-refractivity contribution in [2.45, 2.75) is 45.4 Å². The fraction of sp³-hybridized carbons (Fsp3) is 0.229. The molecule has 0 saturated carbocycles. The van der Waals surface area contributed by atoms with Crippen LogP contribution in [0.5, 0.6) is 11.5 Å². The number of methoxy groups -OCH3 is 1. The van der Waals surface area contributed by atoms with Crippen molar-refractivity contribution < 1.29 is 28.2 Å². The highest BCUT2D eigenvalue weighted by atomic mass is 19.1. The number of hydrogen-bond acceptors (Lipinski definition) is 5. The van der Waals surface area contributed by atoms with Gasteiger partial charge in [0, 0.05) is 17.3 Å². The number of imide groups is 1. The number of aryl methyl sites for hydroxylation is 1. The third-order valence-electron chi connectivity index (χ3n) is 8.11. The van der Waals surface area contributed by atoms with Gasteiger partial charge in [0.1, 0.15) is 5.82 Å². The number of rotatable bonds is 9. The summed E-state index contributed by atoms with van der Waals surface area (Å²) in [5, 5.41) is 0. The van der Waals surface area contributed by atoms with Crippen LogP contribution in [0.1, 0.15) is 74.1 Å². The van der Waals surface area contributed by atoms with E-state index in [2.05, 4.69) is 12.1 Å². The van der Waals surface area contributed by atoms with Crippen molar-refractivity contribution >= 4 is 23.4 Å². The molecule has 0 spiro atoms. The maximum atomic E-state index is 13.8. The normalized spacial score (nSPS) is 16.4. The van der Waals surface area contributed by atoms with Gasteiger partial charge >= 0.3 is 0 Å². The van der Waals surface area contributed by atoms with Crippen molar-refractivity contribution in [2.24, 2.45) is 0 Å². The second-order valence-corrected chi connectivity index (χ2v) is 10.9. The van der Waals surface area contributed by atoms with Crippen LogP contribution in [-0.2, 0) is 13.0 Å². The lowest BCUT2D eigenvalue weighted by atomic mass is 10.0. The van der Waals surface area contributed by atoms with Gasteiger partial charge in [-0.05, 0) is 79.8 Å². The van der Waals surface area contributed by atoms with Crippen molar-refractivity contribution in [3.8, 4) is 11.5 Å². The highest BCUT2D eigenvalue weighted by molar-refractivity contribution is 6.21. The summed E-state index contributed by atoms with van der Waals surface area (Å²) < 4.78 is 25.6. The molecule has 7 nitrogen and oxygen atoms in total. The Hall–Kier alpha value is -4.98. The van der Waals surface area contributed by atoms with Crippen molar-refractivity contribution in [3.63, 3.8) is 0 Å². The Labute approximate surface area is 249 Å². The molecular weight excluding hydrogens is 547 g/mol. The van der Waals surface area contributed by atoms with Gasteiger partial charge in [-0.1, -0.05) is 42.5 Å². The lowest BCUT2D eigenvalue weighted by Gasteiger charge is -2.24. The highest BCUT2D eigenvalue weighted by Crippen LogP contribution is 2.41. The maximum absolute atomic E-state index is 13.8. The van der Waals surface area contributed by atoms with E-state index in [4.69, 9.17) is 9.47 Å². The van der Waals surface area contributed by atoms with E-state index in [0.29, 0.717) is 28.3 Å². The molecule has 0 bridgehead atoms. The van der Waals surface area contributed by atoms with E-state index in [1.165, 1.54) is 17.7 Å². The molecule has 0 fully saturated rings. The summed E-state index contributed by atoms with van der Waals surface area (Å²) in [4.78, 5) is 42.3. The molecule has 0 radical (unpaired) electrons. The predicted molar refractivity (Wildman–Crippen MR) is 160 cm³/mol.